The van der Waals surface area contributed by atoms with Crippen molar-refractivity contribution in [3.05, 3.63) is 53.3 Å². The molecule has 8 heteroatoms. The summed E-state index contributed by atoms with van der Waals surface area (Å²) < 4.78 is 25.2. The van der Waals surface area contributed by atoms with Crippen LogP contribution in [0, 0.1) is 17.1 Å². The van der Waals surface area contributed by atoms with Crippen molar-refractivity contribution in [3.8, 4) is 11.9 Å². The number of amides is 1. The van der Waals surface area contributed by atoms with Gasteiger partial charge in [-0.15, -0.1) is 0 Å². The molecule has 164 valence electrons. The highest BCUT2D eigenvalue weighted by Gasteiger charge is 2.30. The molecule has 1 fully saturated rings. The van der Waals surface area contributed by atoms with Gasteiger partial charge in [-0.2, -0.15) is 10.2 Å². The van der Waals surface area contributed by atoms with E-state index >= 15 is 0 Å². The molecular weight excluding hydrogens is 399 g/mol. The fourth-order valence-corrected chi connectivity index (χ4v) is 3.32. The number of anilines is 1. The molecular formula is C23H27FN4O3. The Bertz CT molecular complexity index is 984. The van der Waals surface area contributed by atoms with E-state index in [0.29, 0.717) is 31.1 Å². The minimum absolute atomic E-state index is 0.00989. The fraction of sp³-hybridized carbons (Fsp3) is 0.435. The second kappa shape index (κ2) is 9.21. The van der Waals surface area contributed by atoms with Crippen LogP contribution in [-0.4, -0.2) is 47.3 Å². The highest BCUT2D eigenvalue weighted by molar-refractivity contribution is 5.68. The third-order valence-corrected chi connectivity index (χ3v) is 4.84. The standard InChI is InChI=1S/C23H27FN4O3/c1-16-14-27(22(29)31-23(2,3)4)10-11-28(16)20-6-5-7-21(26-20)30-15-18-9-8-17(13-25)12-19(18)24/h5-9,12,16H,10-11,14-15H2,1-4H3/t16-/m0/s1. The summed E-state index contributed by atoms with van der Waals surface area (Å²) in [6, 6.07) is 11.7. The minimum Gasteiger partial charge on any atom is -0.473 e. The van der Waals surface area contributed by atoms with Gasteiger partial charge in [0.2, 0.25) is 5.88 Å². The predicted octanol–water partition coefficient (Wildman–Crippen LogP) is 4.12. The fourth-order valence-electron chi connectivity index (χ4n) is 3.32. The number of carbonyl (C=O) groups is 1. The van der Waals surface area contributed by atoms with Crippen molar-refractivity contribution in [2.24, 2.45) is 0 Å². The first-order chi connectivity index (χ1) is 14.7. The molecule has 2 heterocycles. The smallest absolute Gasteiger partial charge is 0.410 e. The van der Waals surface area contributed by atoms with Crippen molar-refractivity contribution in [1.29, 1.82) is 5.26 Å². The van der Waals surface area contributed by atoms with Crippen LogP contribution < -0.4 is 9.64 Å². The third kappa shape index (κ3) is 5.85. The number of hydrogen-bond donors (Lipinski definition) is 0. The Labute approximate surface area is 182 Å². The van der Waals surface area contributed by atoms with Crippen LogP contribution in [0.4, 0.5) is 15.0 Å². The first-order valence-electron chi connectivity index (χ1n) is 10.2. The van der Waals surface area contributed by atoms with Crippen LogP contribution in [-0.2, 0) is 11.3 Å². The SMILES string of the molecule is C[C@H]1CN(C(=O)OC(C)(C)C)CCN1c1cccc(OCc2ccc(C#N)cc2F)n1. The number of halogens is 1. The van der Waals surface area contributed by atoms with Crippen molar-refractivity contribution in [2.45, 2.75) is 45.9 Å². The molecule has 1 aromatic carbocycles. The lowest BCUT2D eigenvalue weighted by molar-refractivity contribution is 0.0218. The Kier molecular flexibility index (Phi) is 6.64. The number of nitrogens with zero attached hydrogens (tertiary/aromatic N) is 4. The summed E-state index contributed by atoms with van der Waals surface area (Å²) >= 11 is 0. The van der Waals surface area contributed by atoms with Gasteiger partial charge in [0.05, 0.1) is 11.6 Å². The maximum Gasteiger partial charge on any atom is 0.410 e. The lowest BCUT2D eigenvalue weighted by Crippen LogP contribution is -2.54. The molecule has 0 radical (unpaired) electrons. The Balaban J connectivity index is 1.63. The summed E-state index contributed by atoms with van der Waals surface area (Å²) in [6.45, 7) is 9.26. The van der Waals surface area contributed by atoms with Crippen LogP contribution >= 0.6 is 0 Å². The zero-order valence-electron chi connectivity index (χ0n) is 18.3. The van der Waals surface area contributed by atoms with Crippen LogP contribution in [0.3, 0.4) is 0 Å². The Morgan fingerprint density at radius 2 is 2.06 bits per heavy atom. The summed E-state index contributed by atoms with van der Waals surface area (Å²) in [4.78, 5) is 20.7. The summed E-state index contributed by atoms with van der Waals surface area (Å²) in [5, 5.41) is 8.84. The van der Waals surface area contributed by atoms with E-state index in [1.165, 1.54) is 12.1 Å². The van der Waals surface area contributed by atoms with Crippen molar-refractivity contribution in [3.63, 3.8) is 0 Å². The minimum atomic E-state index is -0.529. The van der Waals surface area contributed by atoms with Gasteiger partial charge in [-0.1, -0.05) is 12.1 Å². The summed E-state index contributed by atoms with van der Waals surface area (Å²) in [6.07, 6.45) is -0.312. The van der Waals surface area contributed by atoms with Crippen LogP contribution in [0.15, 0.2) is 36.4 Å². The summed E-state index contributed by atoms with van der Waals surface area (Å²) in [5.74, 6) is 0.624. The van der Waals surface area contributed by atoms with Gasteiger partial charge in [0, 0.05) is 37.3 Å². The van der Waals surface area contributed by atoms with Gasteiger partial charge in [-0.05, 0) is 45.9 Å². The third-order valence-electron chi connectivity index (χ3n) is 4.84. The number of carbonyl (C=O) groups excluding carboxylic acids is 1. The largest absolute Gasteiger partial charge is 0.473 e. The molecule has 1 aliphatic heterocycles. The van der Waals surface area contributed by atoms with Gasteiger partial charge in [-0.25, -0.2) is 9.18 Å². The van der Waals surface area contributed by atoms with E-state index in [1.807, 2.05) is 45.9 Å². The molecule has 0 aliphatic carbocycles. The molecule has 2 aromatic rings. The number of aromatic nitrogens is 1. The molecule has 0 saturated carbocycles. The predicted molar refractivity (Wildman–Crippen MR) is 114 cm³/mol. The van der Waals surface area contributed by atoms with Crippen LogP contribution in [0.5, 0.6) is 5.88 Å². The van der Waals surface area contributed by atoms with E-state index in [2.05, 4.69) is 9.88 Å². The van der Waals surface area contributed by atoms with Crippen molar-refractivity contribution >= 4 is 11.9 Å². The van der Waals surface area contributed by atoms with Crippen molar-refractivity contribution in [2.75, 3.05) is 24.5 Å². The molecule has 0 unspecified atom stereocenters. The average molecular weight is 426 g/mol. The maximum absolute atomic E-state index is 14.1. The van der Waals surface area contributed by atoms with E-state index in [9.17, 15) is 9.18 Å². The monoisotopic (exact) mass is 426 g/mol. The number of nitriles is 1. The lowest BCUT2D eigenvalue weighted by atomic mass is 10.1. The second-order valence-electron chi connectivity index (χ2n) is 8.51. The van der Waals surface area contributed by atoms with Gasteiger partial charge in [0.1, 0.15) is 23.8 Å². The van der Waals surface area contributed by atoms with Crippen LogP contribution in [0.25, 0.3) is 0 Å². The molecule has 1 aliphatic rings. The summed E-state index contributed by atoms with van der Waals surface area (Å²) in [7, 11) is 0. The maximum atomic E-state index is 14.1. The molecule has 0 spiro atoms. The highest BCUT2D eigenvalue weighted by atomic mass is 19.1. The number of rotatable bonds is 4. The number of piperazine rings is 1. The normalized spacial score (nSPS) is 16.6. The van der Waals surface area contributed by atoms with E-state index in [0.717, 1.165) is 5.82 Å². The Hall–Kier alpha value is -3.34. The highest BCUT2D eigenvalue weighted by Crippen LogP contribution is 2.23. The van der Waals surface area contributed by atoms with Crippen LogP contribution in [0.2, 0.25) is 0 Å². The van der Waals surface area contributed by atoms with E-state index in [-0.39, 0.29) is 24.3 Å². The Morgan fingerprint density at radius 3 is 2.71 bits per heavy atom. The lowest BCUT2D eigenvalue weighted by Gasteiger charge is -2.40. The molecule has 7 nitrogen and oxygen atoms in total. The molecule has 0 bridgehead atoms. The van der Waals surface area contributed by atoms with E-state index in [4.69, 9.17) is 14.7 Å². The number of pyridine rings is 1. The van der Waals surface area contributed by atoms with Gasteiger partial charge in [0.15, 0.2) is 0 Å². The second-order valence-corrected chi connectivity index (χ2v) is 8.51. The molecule has 1 aromatic heterocycles. The zero-order chi connectivity index (χ0) is 22.6. The number of ether oxygens (including phenoxy) is 2. The van der Waals surface area contributed by atoms with Crippen molar-refractivity contribution < 1.29 is 18.7 Å². The van der Waals surface area contributed by atoms with Crippen LogP contribution in [0.1, 0.15) is 38.8 Å². The van der Waals surface area contributed by atoms with E-state index in [1.54, 1.807) is 17.0 Å². The Morgan fingerprint density at radius 1 is 1.29 bits per heavy atom. The topological polar surface area (TPSA) is 78.7 Å². The first-order valence-corrected chi connectivity index (χ1v) is 10.2. The number of benzene rings is 1. The molecule has 1 saturated heterocycles. The average Bonchev–Trinajstić information content (AvgIpc) is 2.71. The van der Waals surface area contributed by atoms with Gasteiger partial charge < -0.3 is 19.3 Å². The number of hydrogen-bond acceptors (Lipinski definition) is 6. The van der Waals surface area contributed by atoms with Gasteiger partial charge in [0.25, 0.3) is 0 Å². The first kappa shape index (κ1) is 22.3. The zero-order valence-corrected chi connectivity index (χ0v) is 18.3. The molecule has 1 amide bonds. The molecule has 1 atom stereocenters. The van der Waals surface area contributed by atoms with Crippen molar-refractivity contribution in [1.82, 2.24) is 9.88 Å². The van der Waals surface area contributed by atoms with E-state index < -0.39 is 11.4 Å². The molecule has 0 N–H and O–H groups in total. The van der Waals surface area contributed by atoms with Gasteiger partial charge >= 0.3 is 6.09 Å². The molecule has 3 rings (SSSR count). The van der Waals surface area contributed by atoms with Gasteiger partial charge in [-0.3, -0.25) is 0 Å². The summed E-state index contributed by atoms with van der Waals surface area (Å²) in [5.41, 5.74) is 0.0884. The molecule has 31 heavy (non-hydrogen) atoms. The quantitative estimate of drug-likeness (QED) is 0.732.